The van der Waals surface area contributed by atoms with Crippen molar-refractivity contribution in [3.8, 4) is 11.5 Å². The molecule has 2 rings (SSSR count). The number of nitrogens with zero attached hydrogens (tertiary/aromatic N) is 1. The fraction of sp³-hybridized carbons (Fsp3) is 0.455. The lowest BCUT2D eigenvalue weighted by molar-refractivity contribution is -0.136. The van der Waals surface area contributed by atoms with Gasteiger partial charge in [0.25, 0.3) is 5.91 Å². The lowest BCUT2D eigenvalue weighted by atomic mass is 10.0. The molecule has 1 aliphatic rings. The molecule has 0 spiro atoms. The van der Waals surface area contributed by atoms with Gasteiger partial charge in [0.1, 0.15) is 0 Å². The molecule has 1 heterocycles. The van der Waals surface area contributed by atoms with E-state index in [1.165, 1.54) is 7.11 Å². The summed E-state index contributed by atoms with van der Waals surface area (Å²) in [4.78, 5) is 26.9. The van der Waals surface area contributed by atoms with E-state index in [1.54, 1.807) is 17.9 Å². The van der Waals surface area contributed by atoms with Gasteiger partial charge in [-0.2, -0.15) is 0 Å². The van der Waals surface area contributed by atoms with Gasteiger partial charge in [-0.25, -0.2) is 4.79 Å². The maximum atomic E-state index is 13.0. The third-order valence-corrected chi connectivity index (χ3v) is 4.39. The van der Waals surface area contributed by atoms with E-state index in [2.05, 4.69) is 0 Å². The quantitative estimate of drug-likeness (QED) is 0.499. The van der Waals surface area contributed by atoms with E-state index >= 15 is 0 Å². The molecule has 0 N–H and O–H groups in total. The second kappa shape index (κ2) is 9.44. The zero-order chi connectivity index (χ0) is 20.8. The van der Waals surface area contributed by atoms with Gasteiger partial charge in [0.2, 0.25) is 0 Å². The van der Waals surface area contributed by atoms with E-state index in [0.29, 0.717) is 41.6 Å². The first-order valence-electron chi connectivity index (χ1n) is 9.60. The molecule has 28 heavy (non-hydrogen) atoms. The molecule has 0 fully saturated rings. The van der Waals surface area contributed by atoms with Crippen LogP contribution >= 0.6 is 0 Å². The summed E-state index contributed by atoms with van der Waals surface area (Å²) in [5.41, 5.74) is 1.97. The van der Waals surface area contributed by atoms with Gasteiger partial charge in [-0.3, -0.25) is 4.79 Å². The van der Waals surface area contributed by atoms with E-state index in [0.717, 1.165) is 12.0 Å². The van der Waals surface area contributed by atoms with Crippen molar-refractivity contribution in [3.05, 3.63) is 40.6 Å². The van der Waals surface area contributed by atoms with Gasteiger partial charge in [-0.1, -0.05) is 13.0 Å². The Morgan fingerprint density at radius 2 is 1.89 bits per heavy atom. The first-order chi connectivity index (χ1) is 13.3. The molecule has 1 aliphatic heterocycles. The van der Waals surface area contributed by atoms with Crippen LogP contribution in [0.25, 0.3) is 6.08 Å². The topological polar surface area (TPSA) is 65.1 Å². The Morgan fingerprint density at radius 1 is 1.18 bits per heavy atom. The van der Waals surface area contributed by atoms with E-state index in [4.69, 9.17) is 14.2 Å². The number of hydrogen-bond acceptors (Lipinski definition) is 5. The Hall–Kier alpha value is -2.76. The molecule has 6 nitrogen and oxygen atoms in total. The van der Waals surface area contributed by atoms with Crippen molar-refractivity contribution >= 4 is 18.0 Å². The van der Waals surface area contributed by atoms with Gasteiger partial charge in [0.05, 0.1) is 31.5 Å². The van der Waals surface area contributed by atoms with Crippen LogP contribution in [0, 0.1) is 0 Å². The van der Waals surface area contributed by atoms with Crippen molar-refractivity contribution in [2.75, 3.05) is 20.3 Å². The van der Waals surface area contributed by atoms with Gasteiger partial charge >= 0.3 is 5.97 Å². The SMILES string of the molecule is CCCOc1ccc(C=C2C(=O)N(C(C)C)C(C)=C2C(=O)OC)cc1OCC. The summed E-state index contributed by atoms with van der Waals surface area (Å²) in [6.45, 7) is 10.6. The highest BCUT2D eigenvalue weighted by Crippen LogP contribution is 2.35. The third kappa shape index (κ3) is 4.38. The second-order valence-corrected chi connectivity index (χ2v) is 6.77. The molecule has 0 radical (unpaired) electrons. The Bertz CT molecular complexity index is 807. The zero-order valence-electron chi connectivity index (χ0n) is 17.5. The standard InChI is InChI=1S/C22H29NO5/c1-7-11-28-18-10-9-16(13-19(18)27-8-2)12-17-20(22(25)26-6)15(5)23(14(3)4)21(17)24/h9-10,12-14H,7-8,11H2,1-6H3. The molecular weight excluding hydrogens is 358 g/mol. The summed E-state index contributed by atoms with van der Waals surface area (Å²) < 4.78 is 16.3. The molecule has 0 atom stereocenters. The van der Waals surface area contributed by atoms with Gasteiger partial charge in [0.15, 0.2) is 11.5 Å². The van der Waals surface area contributed by atoms with E-state index in [1.807, 2.05) is 45.9 Å². The van der Waals surface area contributed by atoms with Crippen LogP contribution in [-0.2, 0) is 14.3 Å². The largest absolute Gasteiger partial charge is 0.490 e. The number of carbonyl (C=O) groups excluding carboxylic acids is 2. The van der Waals surface area contributed by atoms with Gasteiger partial charge in [0, 0.05) is 11.7 Å². The third-order valence-electron chi connectivity index (χ3n) is 4.39. The number of carbonyl (C=O) groups is 2. The predicted octanol–water partition coefficient (Wildman–Crippen LogP) is 3.96. The molecule has 152 valence electrons. The highest BCUT2D eigenvalue weighted by molar-refractivity contribution is 6.16. The Balaban J connectivity index is 2.50. The molecule has 0 unspecified atom stereocenters. The van der Waals surface area contributed by atoms with Crippen molar-refractivity contribution in [1.29, 1.82) is 0 Å². The Morgan fingerprint density at radius 3 is 2.46 bits per heavy atom. The van der Waals surface area contributed by atoms with Crippen LogP contribution in [0.1, 0.15) is 46.6 Å². The molecular formula is C22H29NO5. The average Bonchev–Trinajstić information content (AvgIpc) is 2.90. The van der Waals surface area contributed by atoms with Gasteiger partial charge < -0.3 is 19.1 Å². The van der Waals surface area contributed by atoms with Crippen molar-refractivity contribution in [2.24, 2.45) is 0 Å². The summed E-state index contributed by atoms with van der Waals surface area (Å²) >= 11 is 0. The lowest BCUT2D eigenvalue weighted by Gasteiger charge is -2.22. The van der Waals surface area contributed by atoms with Crippen LogP contribution in [0.3, 0.4) is 0 Å². The van der Waals surface area contributed by atoms with Crippen LogP contribution in [0.4, 0.5) is 0 Å². The van der Waals surface area contributed by atoms with Crippen molar-refractivity contribution < 1.29 is 23.8 Å². The average molecular weight is 387 g/mol. The monoisotopic (exact) mass is 387 g/mol. The van der Waals surface area contributed by atoms with E-state index in [-0.39, 0.29) is 11.9 Å². The summed E-state index contributed by atoms with van der Waals surface area (Å²) in [6.07, 6.45) is 2.59. The maximum absolute atomic E-state index is 13.0. The number of esters is 1. The summed E-state index contributed by atoms with van der Waals surface area (Å²) in [5.74, 6) is 0.537. The first kappa shape index (κ1) is 21.5. The number of rotatable bonds is 8. The number of benzene rings is 1. The smallest absolute Gasteiger partial charge is 0.340 e. The summed E-state index contributed by atoms with van der Waals surface area (Å²) in [7, 11) is 1.32. The minimum Gasteiger partial charge on any atom is -0.490 e. The first-order valence-corrected chi connectivity index (χ1v) is 9.60. The number of ether oxygens (including phenoxy) is 3. The van der Waals surface area contributed by atoms with E-state index < -0.39 is 5.97 Å². The van der Waals surface area contributed by atoms with Gasteiger partial charge in [-0.15, -0.1) is 0 Å². The maximum Gasteiger partial charge on any atom is 0.340 e. The molecule has 0 bridgehead atoms. The van der Waals surface area contributed by atoms with Crippen LogP contribution in [0.2, 0.25) is 0 Å². The Labute approximate surface area is 166 Å². The minimum absolute atomic E-state index is 0.0677. The highest BCUT2D eigenvalue weighted by atomic mass is 16.5. The molecule has 0 saturated carbocycles. The molecule has 1 aromatic carbocycles. The lowest BCUT2D eigenvalue weighted by Crippen LogP contribution is -2.31. The molecule has 0 aromatic heterocycles. The summed E-state index contributed by atoms with van der Waals surface area (Å²) in [6, 6.07) is 5.41. The van der Waals surface area contributed by atoms with Crippen LogP contribution < -0.4 is 9.47 Å². The second-order valence-electron chi connectivity index (χ2n) is 6.77. The highest BCUT2D eigenvalue weighted by Gasteiger charge is 2.38. The molecule has 6 heteroatoms. The molecule has 1 aromatic rings. The van der Waals surface area contributed by atoms with Crippen molar-refractivity contribution in [3.63, 3.8) is 0 Å². The molecule has 0 aliphatic carbocycles. The number of amides is 1. The minimum atomic E-state index is -0.520. The van der Waals surface area contributed by atoms with Gasteiger partial charge in [-0.05, 0) is 57.9 Å². The fourth-order valence-electron chi connectivity index (χ4n) is 3.20. The number of allylic oxidation sites excluding steroid dienone is 1. The Kier molecular flexibility index (Phi) is 7.26. The number of hydrogen-bond donors (Lipinski definition) is 0. The molecule has 1 amide bonds. The van der Waals surface area contributed by atoms with Crippen LogP contribution in [-0.4, -0.2) is 43.1 Å². The zero-order valence-corrected chi connectivity index (χ0v) is 17.5. The van der Waals surface area contributed by atoms with Crippen molar-refractivity contribution in [1.82, 2.24) is 4.90 Å². The van der Waals surface area contributed by atoms with E-state index in [9.17, 15) is 9.59 Å². The van der Waals surface area contributed by atoms with Crippen LogP contribution in [0.15, 0.2) is 35.0 Å². The summed E-state index contributed by atoms with van der Waals surface area (Å²) in [5, 5.41) is 0. The predicted molar refractivity (Wildman–Crippen MR) is 108 cm³/mol. The number of methoxy groups -OCH3 is 1. The fourth-order valence-corrected chi connectivity index (χ4v) is 3.20. The normalized spacial score (nSPS) is 15.6. The van der Waals surface area contributed by atoms with Crippen LogP contribution in [0.5, 0.6) is 11.5 Å². The molecule has 0 saturated heterocycles. The van der Waals surface area contributed by atoms with Crippen molar-refractivity contribution in [2.45, 2.75) is 47.1 Å².